The molecule has 4 fully saturated rings. The number of nitrogens with zero attached hydrogens (tertiary/aromatic N) is 1. The molecule has 1 aromatic carbocycles. The van der Waals surface area contributed by atoms with Crippen LogP contribution in [0.1, 0.15) is 77.8 Å². The average molecular weight is 482 g/mol. The predicted molar refractivity (Wildman–Crippen MR) is 137 cm³/mol. The van der Waals surface area contributed by atoms with Crippen LogP contribution in [0.25, 0.3) is 0 Å². The molecule has 192 valence electrons. The highest BCUT2D eigenvalue weighted by Crippen LogP contribution is 2.81. The van der Waals surface area contributed by atoms with Gasteiger partial charge in [-0.15, -0.1) is 6.58 Å². The Kier molecular flexibility index (Phi) is 4.66. The molecule has 6 aliphatic rings. The van der Waals surface area contributed by atoms with Gasteiger partial charge in [-0.05, 0) is 76.0 Å². The Morgan fingerprint density at radius 1 is 1.23 bits per heavy atom. The molecule has 2 aliphatic heterocycles. The number of ether oxygens (including phenoxy) is 2. The van der Waals surface area contributed by atoms with Crippen LogP contribution in [0.5, 0.6) is 11.5 Å². The number of rotatable bonds is 5. The SMILES string of the molecule is C=CCCN1CCC23c4c5ccc(O)c4OC2(C)C2(OC)CCC3(CC2C(C)(O)C(C)(C)C)C1C5. The van der Waals surface area contributed by atoms with Crippen molar-refractivity contribution in [1.82, 2.24) is 4.90 Å². The van der Waals surface area contributed by atoms with Gasteiger partial charge in [0, 0.05) is 36.6 Å². The third-order valence-corrected chi connectivity index (χ3v) is 11.9. The lowest BCUT2D eigenvalue weighted by Gasteiger charge is -2.78. The van der Waals surface area contributed by atoms with Crippen molar-refractivity contribution < 1.29 is 19.7 Å². The molecule has 3 saturated carbocycles. The molecular weight excluding hydrogens is 438 g/mol. The smallest absolute Gasteiger partial charge is 0.166 e. The molecule has 0 aromatic heterocycles. The Morgan fingerprint density at radius 2 is 1.97 bits per heavy atom. The van der Waals surface area contributed by atoms with Gasteiger partial charge in [0.05, 0.1) is 11.0 Å². The summed E-state index contributed by atoms with van der Waals surface area (Å²) in [7, 11) is 1.82. The van der Waals surface area contributed by atoms with Crippen LogP contribution in [-0.4, -0.2) is 58.2 Å². The number of piperidine rings is 1. The van der Waals surface area contributed by atoms with E-state index in [1.165, 1.54) is 11.1 Å². The van der Waals surface area contributed by atoms with Crippen molar-refractivity contribution in [3.63, 3.8) is 0 Å². The first-order valence-electron chi connectivity index (χ1n) is 13.5. The van der Waals surface area contributed by atoms with E-state index in [0.717, 1.165) is 51.6 Å². The molecule has 5 nitrogen and oxygen atoms in total. The number of phenols is 1. The van der Waals surface area contributed by atoms with E-state index in [9.17, 15) is 10.2 Å². The maximum absolute atomic E-state index is 12.3. The third-order valence-electron chi connectivity index (χ3n) is 11.9. The first-order chi connectivity index (χ1) is 16.4. The van der Waals surface area contributed by atoms with Gasteiger partial charge in [-0.2, -0.15) is 0 Å². The van der Waals surface area contributed by atoms with Crippen molar-refractivity contribution in [2.24, 2.45) is 16.7 Å². The van der Waals surface area contributed by atoms with Crippen LogP contribution in [0.2, 0.25) is 0 Å². The Labute approximate surface area is 210 Å². The summed E-state index contributed by atoms with van der Waals surface area (Å²) in [6.45, 7) is 16.7. The Hall–Kier alpha value is -1.56. The lowest BCUT2D eigenvalue weighted by molar-refractivity contribution is -0.345. The summed E-state index contributed by atoms with van der Waals surface area (Å²) in [5.41, 5.74) is -0.339. The van der Waals surface area contributed by atoms with Gasteiger partial charge >= 0.3 is 0 Å². The van der Waals surface area contributed by atoms with Crippen LogP contribution in [-0.2, 0) is 16.6 Å². The highest BCUT2D eigenvalue weighted by atomic mass is 16.6. The second kappa shape index (κ2) is 6.85. The van der Waals surface area contributed by atoms with Gasteiger partial charge in [-0.1, -0.05) is 32.9 Å². The number of aliphatic hydroxyl groups is 1. The van der Waals surface area contributed by atoms with Crippen LogP contribution in [0.3, 0.4) is 0 Å². The second-order valence-electron chi connectivity index (χ2n) is 13.5. The minimum absolute atomic E-state index is 0.0482. The molecule has 0 amide bonds. The molecule has 4 aliphatic carbocycles. The zero-order chi connectivity index (χ0) is 25.2. The summed E-state index contributed by atoms with van der Waals surface area (Å²) in [5, 5.41) is 23.3. The Morgan fingerprint density at radius 3 is 2.63 bits per heavy atom. The molecule has 2 N–H and O–H groups in total. The number of methoxy groups -OCH3 is 1. The molecule has 4 bridgehead atoms. The zero-order valence-electron chi connectivity index (χ0n) is 22.4. The fraction of sp³-hybridized carbons (Fsp3) is 0.733. The quantitative estimate of drug-likeness (QED) is 0.582. The third kappa shape index (κ3) is 2.34. The number of likely N-dealkylation sites (tertiary alicyclic amines) is 1. The lowest BCUT2D eigenvalue weighted by Crippen LogP contribution is -2.87. The number of benzene rings is 1. The molecule has 7 rings (SSSR count). The summed E-state index contributed by atoms with van der Waals surface area (Å²) in [4.78, 5) is 2.70. The normalized spacial score (nSPS) is 42.8. The molecule has 1 saturated heterocycles. The van der Waals surface area contributed by atoms with Crippen LogP contribution < -0.4 is 4.74 Å². The molecule has 35 heavy (non-hydrogen) atoms. The van der Waals surface area contributed by atoms with Gasteiger partial charge in [-0.3, -0.25) is 4.90 Å². The Balaban J connectivity index is 1.65. The van der Waals surface area contributed by atoms with E-state index >= 15 is 0 Å². The zero-order valence-corrected chi connectivity index (χ0v) is 22.4. The maximum Gasteiger partial charge on any atom is 0.166 e. The predicted octanol–water partition coefficient (Wildman–Crippen LogP) is 4.97. The van der Waals surface area contributed by atoms with Gasteiger partial charge < -0.3 is 19.7 Å². The summed E-state index contributed by atoms with van der Waals surface area (Å²) in [6, 6.07) is 4.32. The number of aromatic hydroxyl groups is 1. The molecular formula is C30H43NO4. The van der Waals surface area contributed by atoms with E-state index in [4.69, 9.17) is 9.47 Å². The van der Waals surface area contributed by atoms with E-state index in [1.807, 2.05) is 26.2 Å². The summed E-state index contributed by atoms with van der Waals surface area (Å²) >= 11 is 0. The number of fused-ring (bicyclic) bond motifs is 2. The van der Waals surface area contributed by atoms with E-state index in [2.05, 4.69) is 45.2 Å². The fourth-order valence-corrected chi connectivity index (χ4v) is 9.92. The average Bonchev–Trinajstić information content (AvgIpc) is 3.09. The standard InChI is InChI=1S/C30H43NO4/c1-8-9-15-31-16-14-29-23-19-10-11-20(32)24(23)35-27(29,6)30(34-7)13-12-28(29,22(31)17-19)18-21(30)26(5,33)25(2,3)4/h8,10-11,21-22,32-33H,1,9,12-18H2,2-7H3. The summed E-state index contributed by atoms with van der Waals surface area (Å²) in [5.74, 6) is 0.819. The van der Waals surface area contributed by atoms with Gasteiger partial charge in [0.25, 0.3) is 0 Å². The second-order valence-corrected chi connectivity index (χ2v) is 13.5. The largest absolute Gasteiger partial charge is 0.504 e. The van der Waals surface area contributed by atoms with Crippen molar-refractivity contribution in [1.29, 1.82) is 0 Å². The van der Waals surface area contributed by atoms with Crippen molar-refractivity contribution in [3.05, 3.63) is 35.9 Å². The number of hydrogen-bond donors (Lipinski definition) is 2. The molecule has 2 spiro atoms. The van der Waals surface area contributed by atoms with Crippen molar-refractivity contribution in [2.45, 2.75) is 101 Å². The maximum atomic E-state index is 12.3. The van der Waals surface area contributed by atoms with E-state index in [0.29, 0.717) is 11.8 Å². The molecule has 5 heteroatoms. The van der Waals surface area contributed by atoms with Crippen LogP contribution >= 0.6 is 0 Å². The molecule has 0 radical (unpaired) electrons. The Bertz CT molecular complexity index is 1090. The molecule has 7 unspecified atom stereocenters. The van der Waals surface area contributed by atoms with Crippen LogP contribution in [0.15, 0.2) is 24.8 Å². The summed E-state index contributed by atoms with van der Waals surface area (Å²) in [6.07, 6.45) is 7.78. The van der Waals surface area contributed by atoms with Gasteiger partial charge in [0.2, 0.25) is 0 Å². The highest BCUT2D eigenvalue weighted by molar-refractivity contribution is 5.65. The van der Waals surface area contributed by atoms with Crippen molar-refractivity contribution >= 4 is 0 Å². The highest BCUT2D eigenvalue weighted by Gasteiger charge is 2.86. The molecule has 2 heterocycles. The monoisotopic (exact) mass is 481 g/mol. The molecule has 1 aromatic rings. The minimum Gasteiger partial charge on any atom is -0.504 e. The van der Waals surface area contributed by atoms with Gasteiger partial charge in [0.15, 0.2) is 11.5 Å². The van der Waals surface area contributed by atoms with E-state index in [1.54, 1.807) is 0 Å². The number of phenolic OH excluding ortho intramolecular Hbond substituents is 1. The summed E-state index contributed by atoms with van der Waals surface area (Å²) < 4.78 is 13.7. The topological polar surface area (TPSA) is 62.2 Å². The van der Waals surface area contributed by atoms with Crippen LogP contribution in [0.4, 0.5) is 0 Å². The first-order valence-corrected chi connectivity index (χ1v) is 13.5. The first kappa shape index (κ1) is 23.8. The minimum atomic E-state index is -0.957. The van der Waals surface area contributed by atoms with Crippen molar-refractivity contribution in [2.75, 3.05) is 20.2 Å². The fourth-order valence-electron chi connectivity index (χ4n) is 9.92. The number of hydrogen-bond acceptors (Lipinski definition) is 5. The van der Waals surface area contributed by atoms with Crippen LogP contribution in [0, 0.1) is 16.7 Å². The molecule has 7 atom stereocenters. The van der Waals surface area contributed by atoms with Crippen molar-refractivity contribution in [3.8, 4) is 11.5 Å². The lowest BCUT2D eigenvalue weighted by atomic mass is 9.30. The van der Waals surface area contributed by atoms with Gasteiger partial charge in [-0.25, -0.2) is 0 Å². The van der Waals surface area contributed by atoms with Gasteiger partial charge in [0.1, 0.15) is 11.2 Å². The van der Waals surface area contributed by atoms with E-state index in [-0.39, 0.29) is 27.9 Å². The van der Waals surface area contributed by atoms with E-state index < -0.39 is 16.8 Å².